The minimum Gasteiger partial charge on any atom is -0.424 e. The normalized spacial score (nSPS) is 10.3. The lowest BCUT2D eigenvalue weighted by Gasteiger charge is -2.04. The molecular weight excluding hydrogens is 245 g/mol. The van der Waals surface area contributed by atoms with E-state index in [1.54, 1.807) is 12.4 Å². The van der Waals surface area contributed by atoms with E-state index >= 15 is 0 Å². The number of nitrogens with two attached hydrogens (primary N) is 1. The molecule has 1 aromatic heterocycles. The molecule has 0 bridgehead atoms. The summed E-state index contributed by atoms with van der Waals surface area (Å²) in [5.74, 6) is -0.268. The van der Waals surface area contributed by atoms with Crippen molar-refractivity contribution in [1.29, 1.82) is 0 Å². The van der Waals surface area contributed by atoms with Gasteiger partial charge in [0.05, 0.1) is 5.02 Å². The summed E-state index contributed by atoms with van der Waals surface area (Å²) >= 11 is 5.55. The van der Waals surface area contributed by atoms with Crippen molar-refractivity contribution in [3.63, 3.8) is 0 Å². The first-order chi connectivity index (χ1) is 8.19. The summed E-state index contributed by atoms with van der Waals surface area (Å²) in [6.45, 7) is 0.357. The number of hydrogen-bond acceptors (Lipinski definition) is 4. The van der Waals surface area contributed by atoms with Crippen LogP contribution < -0.4 is 10.5 Å². The summed E-state index contributed by atoms with van der Waals surface area (Å²) in [6.07, 6.45) is 3.10. The molecular formula is C11H9ClFN3O. The zero-order chi connectivity index (χ0) is 12.3. The van der Waals surface area contributed by atoms with E-state index in [4.69, 9.17) is 22.1 Å². The number of benzene rings is 1. The molecule has 4 nitrogen and oxygen atoms in total. The van der Waals surface area contributed by atoms with Gasteiger partial charge in [-0.2, -0.15) is 0 Å². The Morgan fingerprint density at radius 3 is 2.59 bits per heavy atom. The first kappa shape index (κ1) is 11.8. The number of rotatable bonds is 3. The highest BCUT2D eigenvalue weighted by molar-refractivity contribution is 6.30. The molecule has 2 N–H and O–H groups in total. The highest BCUT2D eigenvalue weighted by Gasteiger charge is 2.04. The van der Waals surface area contributed by atoms with Crippen molar-refractivity contribution in [2.45, 2.75) is 6.54 Å². The van der Waals surface area contributed by atoms with E-state index in [2.05, 4.69) is 9.97 Å². The molecule has 0 aliphatic heterocycles. The van der Waals surface area contributed by atoms with E-state index in [-0.39, 0.29) is 16.8 Å². The van der Waals surface area contributed by atoms with Crippen LogP contribution in [0.25, 0.3) is 0 Å². The van der Waals surface area contributed by atoms with Crippen LogP contribution in [0.4, 0.5) is 4.39 Å². The Bertz CT molecular complexity index is 519. The van der Waals surface area contributed by atoms with Gasteiger partial charge in [-0.15, -0.1) is 0 Å². The van der Waals surface area contributed by atoms with E-state index in [0.29, 0.717) is 6.54 Å². The highest BCUT2D eigenvalue weighted by Crippen LogP contribution is 2.23. The number of nitrogens with zero attached hydrogens (tertiary/aromatic N) is 2. The van der Waals surface area contributed by atoms with Crippen molar-refractivity contribution < 1.29 is 9.13 Å². The summed E-state index contributed by atoms with van der Waals surface area (Å²) in [5.41, 5.74) is 6.20. The highest BCUT2D eigenvalue weighted by atomic mass is 35.5. The second kappa shape index (κ2) is 5.07. The van der Waals surface area contributed by atoms with Gasteiger partial charge in [0, 0.05) is 30.6 Å². The molecule has 6 heteroatoms. The monoisotopic (exact) mass is 253 g/mol. The van der Waals surface area contributed by atoms with Crippen LogP contribution in [0.2, 0.25) is 5.02 Å². The number of aromatic nitrogens is 2. The first-order valence-electron chi connectivity index (χ1n) is 4.83. The van der Waals surface area contributed by atoms with Crippen LogP contribution in [0, 0.1) is 5.82 Å². The fourth-order valence-electron chi connectivity index (χ4n) is 1.15. The van der Waals surface area contributed by atoms with Gasteiger partial charge in [0.15, 0.2) is 0 Å². The fraction of sp³-hybridized carbons (Fsp3) is 0.0909. The summed E-state index contributed by atoms with van der Waals surface area (Å²) < 4.78 is 18.4. The first-order valence-corrected chi connectivity index (χ1v) is 5.20. The summed E-state index contributed by atoms with van der Waals surface area (Å²) in [7, 11) is 0. The molecule has 2 aromatic rings. The van der Waals surface area contributed by atoms with E-state index in [0.717, 1.165) is 5.56 Å². The lowest BCUT2D eigenvalue weighted by molar-refractivity contribution is 0.437. The number of halogens is 2. The van der Waals surface area contributed by atoms with Gasteiger partial charge in [0.2, 0.25) is 0 Å². The molecule has 0 spiro atoms. The van der Waals surface area contributed by atoms with Crippen molar-refractivity contribution in [1.82, 2.24) is 9.97 Å². The van der Waals surface area contributed by atoms with Gasteiger partial charge >= 0.3 is 6.01 Å². The predicted octanol–water partition coefficient (Wildman–Crippen LogP) is 2.52. The molecule has 0 aliphatic rings. The van der Waals surface area contributed by atoms with Crippen LogP contribution in [0.3, 0.4) is 0 Å². The van der Waals surface area contributed by atoms with E-state index < -0.39 is 5.82 Å². The third kappa shape index (κ3) is 2.89. The molecule has 1 heterocycles. The van der Waals surface area contributed by atoms with Crippen LogP contribution in [0.5, 0.6) is 11.8 Å². The maximum atomic E-state index is 13.1. The number of hydrogen-bond donors (Lipinski definition) is 1. The zero-order valence-corrected chi connectivity index (χ0v) is 9.49. The minimum atomic E-state index is -0.553. The van der Waals surface area contributed by atoms with Crippen LogP contribution >= 0.6 is 11.6 Å². The maximum Gasteiger partial charge on any atom is 0.321 e. The minimum absolute atomic E-state index is 0.0387. The molecule has 0 atom stereocenters. The zero-order valence-electron chi connectivity index (χ0n) is 8.73. The third-order valence-electron chi connectivity index (χ3n) is 2.02. The van der Waals surface area contributed by atoms with Crippen molar-refractivity contribution >= 4 is 11.6 Å². The molecule has 0 saturated heterocycles. The van der Waals surface area contributed by atoms with Crippen molar-refractivity contribution in [2.75, 3.05) is 0 Å². The Labute approximate surface area is 102 Å². The quantitative estimate of drug-likeness (QED) is 0.913. The van der Waals surface area contributed by atoms with Gasteiger partial charge in [0.1, 0.15) is 11.6 Å². The summed E-state index contributed by atoms with van der Waals surface area (Å²) in [6, 6.07) is 4.23. The number of ether oxygens (including phenoxy) is 1. The van der Waals surface area contributed by atoms with Crippen LogP contribution in [0.1, 0.15) is 5.56 Å². The molecule has 0 radical (unpaired) electrons. The summed E-state index contributed by atoms with van der Waals surface area (Å²) in [4.78, 5) is 7.86. The SMILES string of the molecule is NCc1cnc(Oc2ccc(Cl)c(F)c2)nc1. The van der Waals surface area contributed by atoms with Gasteiger partial charge in [0.25, 0.3) is 0 Å². The topological polar surface area (TPSA) is 61.0 Å². The lowest BCUT2D eigenvalue weighted by Crippen LogP contribution is -1.99. The molecule has 0 fully saturated rings. The molecule has 0 amide bonds. The van der Waals surface area contributed by atoms with Gasteiger partial charge in [-0.1, -0.05) is 11.6 Å². The Morgan fingerprint density at radius 2 is 2.00 bits per heavy atom. The van der Waals surface area contributed by atoms with Crippen molar-refractivity contribution in [3.8, 4) is 11.8 Å². The largest absolute Gasteiger partial charge is 0.424 e. The second-order valence-corrected chi connectivity index (χ2v) is 3.66. The molecule has 1 aromatic carbocycles. The Balaban J connectivity index is 2.16. The molecule has 17 heavy (non-hydrogen) atoms. The third-order valence-corrected chi connectivity index (χ3v) is 2.32. The second-order valence-electron chi connectivity index (χ2n) is 3.26. The van der Waals surface area contributed by atoms with E-state index in [1.807, 2.05) is 0 Å². The van der Waals surface area contributed by atoms with Crippen LogP contribution in [-0.2, 0) is 6.54 Å². The molecule has 0 aliphatic carbocycles. The van der Waals surface area contributed by atoms with Crippen molar-refractivity contribution in [2.24, 2.45) is 5.73 Å². The summed E-state index contributed by atoms with van der Waals surface area (Å²) in [5, 5.41) is 0.0387. The van der Waals surface area contributed by atoms with Crippen LogP contribution in [-0.4, -0.2) is 9.97 Å². The Morgan fingerprint density at radius 1 is 1.29 bits per heavy atom. The average Bonchev–Trinajstić information content (AvgIpc) is 2.35. The fourth-order valence-corrected chi connectivity index (χ4v) is 1.26. The van der Waals surface area contributed by atoms with Gasteiger partial charge in [-0.05, 0) is 12.1 Å². The standard InChI is InChI=1S/C11H9ClFN3O/c12-9-2-1-8(3-10(9)13)17-11-15-5-7(4-14)6-16-11/h1-3,5-6H,4,14H2. The Kier molecular flexibility index (Phi) is 3.51. The van der Waals surface area contributed by atoms with E-state index in [9.17, 15) is 4.39 Å². The van der Waals surface area contributed by atoms with Crippen LogP contribution in [0.15, 0.2) is 30.6 Å². The lowest BCUT2D eigenvalue weighted by atomic mass is 10.3. The smallest absolute Gasteiger partial charge is 0.321 e. The van der Waals surface area contributed by atoms with Gasteiger partial charge < -0.3 is 10.5 Å². The van der Waals surface area contributed by atoms with Gasteiger partial charge in [-0.25, -0.2) is 14.4 Å². The molecule has 2 rings (SSSR count). The van der Waals surface area contributed by atoms with Crippen molar-refractivity contribution in [3.05, 3.63) is 47.0 Å². The molecule has 88 valence electrons. The van der Waals surface area contributed by atoms with E-state index in [1.165, 1.54) is 18.2 Å². The average molecular weight is 254 g/mol. The molecule has 0 unspecified atom stereocenters. The molecule has 0 saturated carbocycles. The predicted molar refractivity (Wildman–Crippen MR) is 61.4 cm³/mol. The maximum absolute atomic E-state index is 13.1. The Hall–Kier alpha value is -1.72. The van der Waals surface area contributed by atoms with Gasteiger partial charge in [-0.3, -0.25) is 0 Å².